The van der Waals surface area contributed by atoms with E-state index in [4.69, 9.17) is 0 Å². The molecule has 1 aromatic rings. The first-order chi connectivity index (χ1) is 9.14. The van der Waals surface area contributed by atoms with Crippen LogP contribution in [-0.2, 0) is 10.2 Å². The minimum absolute atomic E-state index is 0.231. The van der Waals surface area contributed by atoms with Crippen LogP contribution in [0.25, 0.3) is 0 Å². The molecule has 2 rings (SSSR count). The number of likely N-dealkylation sites (tertiary alicyclic amines) is 1. The fourth-order valence-electron chi connectivity index (χ4n) is 3.18. The molecule has 1 heterocycles. The van der Waals surface area contributed by atoms with Crippen molar-refractivity contribution < 1.29 is 9.28 Å². The fourth-order valence-corrected chi connectivity index (χ4v) is 3.18. The molecule has 19 heavy (non-hydrogen) atoms. The zero-order valence-corrected chi connectivity index (χ0v) is 12.3. The summed E-state index contributed by atoms with van der Waals surface area (Å²) in [6.07, 6.45) is 5.72. The predicted molar refractivity (Wildman–Crippen MR) is 79.1 cm³/mol. The van der Waals surface area contributed by atoms with Gasteiger partial charge in [0.2, 0.25) is 0 Å². The third-order valence-corrected chi connectivity index (χ3v) is 4.82. The maximum Gasteiger partial charge on any atom is 0.130 e. The maximum absolute atomic E-state index is 11.7. The van der Waals surface area contributed by atoms with Crippen molar-refractivity contribution in [1.82, 2.24) is 0 Å². The van der Waals surface area contributed by atoms with Crippen molar-refractivity contribution in [1.29, 1.82) is 0 Å². The van der Waals surface area contributed by atoms with Gasteiger partial charge in [-0.1, -0.05) is 43.7 Å². The number of hydrogen-bond donors (Lipinski definition) is 0. The minimum Gasteiger partial charge on any atom is -0.326 e. The molecule has 1 aliphatic heterocycles. The Balaban J connectivity index is 2.10. The highest BCUT2D eigenvalue weighted by Gasteiger charge is 2.41. The monoisotopic (exact) mass is 260 g/mol. The van der Waals surface area contributed by atoms with E-state index in [0.29, 0.717) is 0 Å². The number of hydrogen-bond acceptors (Lipinski definition) is 1. The Hall–Kier alpha value is -1.15. The van der Waals surface area contributed by atoms with Gasteiger partial charge in [0.15, 0.2) is 0 Å². The van der Waals surface area contributed by atoms with Gasteiger partial charge in [0.25, 0.3) is 0 Å². The first kappa shape index (κ1) is 14.3. The molecule has 0 aliphatic carbocycles. The molecule has 0 bridgehead atoms. The molecule has 0 N–H and O–H groups in total. The van der Waals surface area contributed by atoms with Crippen molar-refractivity contribution in [3.8, 4) is 0 Å². The number of nitrogens with zero attached hydrogens (tertiary/aromatic N) is 1. The van der Waals surface area contributed by atoms with Crippen molar-refractivity contribution in [2.45, 2.75) is 38.0 Å². The average Bonchev–Trinajstić information content (AvgIpc) is 2.47. The molecule has 2 heteroatoms. The average molecular weight is 260 g/mol. The zero-order valence-electron chi connectivity index (χ0n) is 12.3. The zero-order chi connectivity index (χ0) is 13.8. The van der Waals surface area contributed by atoms with Crippen LogP contribution < -0.4 is 0 Å². The highest BCUT2D eigenvalue weighted by Crippen LogP contribution is 2.35. The third kappa shape index (κ3) is 3.06. The van der Waals surface area contributed by atoms with Crippen molar-refractivity contribution >= 4 is 6.29 Å². The number of carbonyl (C=O) groups is 1. The molecule has 1 aliphatic rings. The van der Waals surface area contributed by atoms with Crippen LogP contribution in [0.4, 0.5) is 0 Å². The van der Waals surface area contributed by atoms with E-state index in [-0.39, 0.29) is 5.41 Å². The normalized spacial score (nSPS) is 31.1. The second kappa shape index (κ2) is 5.87. The highest BCUT2D eigenvalue weighted by atomic mass is 16.1. The number of benzene rings is 1. The van der Waals surface area contributed by atoms with E-state index in [1.807, 2.05) is 18.2 Å². The topological polar surface area (TPSA) is 17.1 Å². The van der Waals surface area contributed by atoms with Crippen molar-refractivity contribution in [2.75, 3.05) is 26.7 Å². The molecule has 2 nitrogen and oxygen atoms in total. The Morgan fingerprint density at radius 3 is 2.37 bits per heavy atom. The molecule has 0 aromatic heterocycles. The molecule has 0 radical (unpaired) electrons. The fraction of sp³-hybridized carbons (Fsp3) is 0.588. The molecule has 0 unspecified atom stereocenters. The lowest BCUT2D eigenvalue weighted by atomic mass is 9.73. The van der Waals surface area contributed by atoms with Gasteiger partial charge in [-0.2, -0.15) is 0 Å². The summed E-state index contributed by atoms with van der Waals surface area (Å²) in [5.41, 5.74) is 0.970. The van der Waals surface area contributed by atoms with Crippen LogP contribution in [0.15, 0.2) is 30.3 Å². The molecule has 1 saturated heterocycles. The van der Waals surface area contributed by atoms with Gasteiger partial charge in [-0.3, -0.25) is 0 Å². The van der Waals surface area contributed by atoms with Crippen LogP contribution in [0.2, 0.25) is 0 Å². The largest absolute Gasteiger partial charge is 0.326 e. The van der Waals surface area contributed by atoms with E-state index in [0.717, 1.165) is 30.4 Å². The molecule has 0 atom stereocenters. The SMILES string of the molecule is CCCC[N+]1(C)CCC(C=O)(c2ccccc2)CC1. The molecule has 1 aromatic carbocycles. The number of unbranched alkanes of at least 4 members (excludes halogenated alkanes) is 1. The van der Waals surface area contributed by atoms with E-state index < -0.39 is 0 Å². The van der Waals surface area contributed by atoms with Gasteiger partial charge in [-0.25, -0.2) is 0 Å². The Labute approximate surface area is 117 Å². The number of quaternary nitrogens is 1. The highest BCUT2D eigenvalue weighted by molar-refractivity contribution is 5.68. The first-order valence-corrected chi connectivity index (χ1v) is 7.50. The second-order valence-corrected chi connectivity index (χ2v) is 6.28. The Bertz CT molecular complexity index is 405. The van der Waals surface area contributed by atoms with Gasteiger partial charge in [-0.05, 0) is 12.0 Å². The van der Waals surface area contributed by atoms with E-state index in [1.54, 1.807) is 0 Å². The van der Waals surface area contributed by atoms with Gasteiger partial charge in [-0.15, -0.1) is 0 Å². The van der Waals surface area contributed by atoms with E-state index >= 15 is 0 Å². The molecule has 104 valence electrons. The molecule has 1 fully saturated rings. The first-order valence-electron chi connectivity index (χ1n) is 7.50. The van der Waals surface area contributed by atoms with Gasteiger partial charge in [0, 0.05) is 12.8 Å². The summed E-state index contributed by atoms with van der Waals surface area (Å²) in [4.78, 5) is 11.7. The van der Waals surface area contributed by atoms with Gasteiger partial charge in [0.05, 0.1) is 32.1 Å². The lowest BCUT2D eigenvalue weighted by Crippen LogP contribution is -2.54. The Morgan fingerprint density at radius 2 is 1.84 bits per heavy atom. The lowest BCUT2D eigenvalue weighted by Gasteiger charge is -2.44. The Morgan fingerprint density at radius 1 is 1.21 bits per heavy atom. The molecular formula is C17H26NO+. The lowest BCUT2D eigenvalue weighted by molar-refractivity contribution is -0.915. The van der Waals surface area contributed by atoms with Crippen LogP contribution in [0, 0.1) is 0 Å². The summed E-state index contributed by atoms with van der Waals surface area (Å²) < 4.78 is 1.14. The molecule has 0 spiro atoms. The van der Waals surface area contributed by atoms with E-state index in [9.17, 15) is 4.79 Å². The number of rotatable bonds is 5. The molecular weight excluding hydrogens is 234 g/mol. The van der Waals surface area contributed by atoms with Crippen LogP contribution in [0.5, 0.6) is 0 Å². The summed E-state index contributed by atoms with van der Waals surface area (Å²) in [5.74, 6) is 0. The van der Waals surface area contributed by atoms with Gasteiger partial charge >= 0.3 is 0 Å². The predicted octanol–water partition coefficient (Wildman–Crippen LogP) is 3.16. The van der Waals surface area contributed by atoms with Crippen LogP contribution in [0.1, 0.15) is 38.2 Å². The Kier molecular flexibility index (Phi) is 4.41. The van der Waals surface area contributed by atoms with Crippen LogP contribution in [0.3, 0.4) is 0 Å². The summed E-state index contributed by atoms with van der Waals surface area (Å²) in [7, 11) is 2.34. The number of carbonyl (C=O) groups excluding carboxylic acids is 1. The minimum atomic E-state index is -0.231. The number of piperidine rings is 1. The standard InChI is InChI=1S/C17H26NO/c1-3-4-12-18(2)13-10-17(15-19,11-14-18)16-8-6-5-7-9-16/h5-9,15H,3-4,10-14H2,1-2H3/q+1. The van der Waals surface area contributed by atoms with Crippen molar-refractivity contribution in [2.24, 2.45) is 0 Å². The van der Waals surface area contributed by atoms with E-state index in [2.05, 4.69) is 26.1 Å². The van der Waals surface area contributed by atoms with Crippen LogP contribution >= 0.6 is 0 Å². The maximum atomic E-state index is 11.7. The summed E-state index contributed by atoms with van der Waals surface area (Å²) >= 11 is 0. The number of aldehydes is 1. The van der Waals surface area contributed by atoms with Gasteiger partial charge in [0.1, 0.15) is 6.29 Å². The van der Waals surface area contributed by atoms with E-state index in [1.165, 1.54) is 31.2 Å². The third-order valence-electron chi connectivity index (χ3n) is 4.82. The van der Waals surface area contributed by atoms with Crippen LogP contribution in [-0.4, -0.2) is 37.5 Å². The van der Waals surface area contributed by atoms with Gasteiger partial charge < -0.3 is 9.28 Å². The summed E-state index contributed by atoms with van der Waals surface area (Å²) in [5, 5.41) is 0. The second-order valence-electron chi connectivity index (χ2n) is 6.28. The quantitative estimate of drug-likeness (QED) is 0.587. The molecule has 0 amide bonds. The van der Waals surface area contributed by atoms with Crippen molar-refractivity contribution in [3.05, 3.63) is 35.9 Å². The summed E-state index contributed by atoms with van der Waals surface area (Å²) in [6.45, 7) is 5.73. The molecule has 0 saturated carbocycles. The summed E-state index contributed by atoms with van der Waals surface area (Å²) in [6, 6.07) is 10.3. The van der Waals surface area contributed by atoms with Crippen molar-refractivity contribution in [3.63, 3.8) is 0 Å². The smallest absolute Gasteiger partial charge is 0.130 e.